The van der Waals surface area contributed by atoms with E-state index in [0.717, 1.165) is 12.8 Å². The predicted octanol–water partition coefficient (Wildman–Crippen LogP) is 4.17. The first-order chi connectivity index (χ1) is 9.17. The van der Waals surface area contributed by atoms with Gasteiger partial charge < -0.3 is 5.73 Å². The molecule has 0 amide bonds. The average Bonchev–Trinajstić information content (AvgIpc) is 2.46. The van der Waals surface area contributed by atoms with E-state index in [1.165, 1.54) is 27.8 Å². The largest absolute Gasteiger partial charge is 0.320 e. The van der Waals surface area contributed by atoms with Gasteiger partial charge in [0.2, 0.25) is 0 Å². The highest BCUT2D eigenvalue weighted by atomic mass is 14.6. The number of aryl methyl sites for hydroxylation is 3. The summed E-state index contributed by atoms with van der Waals surface area (Å²) in [6, 6.07) is 15.0. The van der Waals surface area contributed by atoms with Gasteiger partial charge in [0.15, 0.2) is 0 Å². The van der Waals surface area contributed by atoms with Gasteiger partial charge in [0.05, 0.1) is 6.04 Å². The molecule has 1 atom stereocenters. The van der Waals surface area contributed by atoms with Crippen molar-refractivity contribution in [3.05, 3.63) is 70.3 Å². The Hall–Kier alpha value is -1.60. The molecule has 2 aromatic carbocycles. The number of hydrogen-bond donors (Lipinski definition) is 1. The van der Waals surface area contributed by atoms with Crippen LogP contribution < -0.4 is 5.73 Å². The van der Waals surface area contributed by atoms with Gasteiger partial charge in [0, 0.05) is 0 Å². The summed E-state index contributed by atoms with van der Waals surface area (Å²) < 4.78 is 0. The highest BCUT2D eigenvalue weighted by Crippen LogP contribution is 2.25. The molecule has 0 heterocycles. The maximum Gasteiger partial charge on any atom is 0.0554 e. The van der Waals surface area contributed by atoms with Gasteiger partial charge >= 0.3 is 0 Å². The van der Waals surface area contributed by atoms with Crippen molar-refractivity contribution in [2.24, 2.45) is 5.73 Å². The van der Waals surface area contributed by atoms with E-state index in [4.69, 9.17) is 5.73 Å². The highest BCUT2D eigenvalue weighted by molar-refractivity contribution is 5.40. The molecule has 2 N–H and O–H groups in total. The number of benzene rings is 2. The maximum absolute atomic E-state index is 6.43. The van der Waals surface area contributed by atoms with Crippen LogP contribution in [0.4, 0.5) is 0 Å². The van der Waals surface area contributed by atoms with Gasteiger partial charge in [-0.15, -0.1) is 0 Å². The molecule has 0 aliphatic heterocycles. The molecule has 2 rings (SSSR count). The van der Waals surface area contributed by atoms with Crippen molar-refractivity contribution in [3.8, 4) is 0 Å². The lowest BCUT2D eigenvalue weighted by Crippen LogP contribution is -2.13. The van der Waals surface area contributed by atoms with Gasteiger partial charge in [0.25, 0.3) is 0 Å². The van der Waals surface area contributed by atoms with Gasteiger partial charge in [-0.1, -0.05) is 56.3 Å². The fourth-order valence-electron chi connectivity index (χ4n) is 2.63. The Morgan fingerprint density at radius 3 is 2.26 bits per heavy atom. The standard InChI is InChI=1S/C18H23N/c1-4-14-10-11-16(12-15(14)5-2)18(19)17-9-7-6-8-13(17)3/h6-12,18H,4-5,19H2,1-3H3. The van der Waals surface area contributed by atoms with Crippen LogP contribution in [0.5, 0.6) is 0 Å². The molecule has 100 valence electrons. The fraction of sp³-hybridized carbons (Fsp3) is 0.333. The minimum Gasteiger partial charge on any atom is -0.320 e. The molecule has 0 radical (unpaired) electrons. The maximum atomic E-state index is 6.43. The van der Waals surface area contributed by atoms with Crippen molar-refractivity contribution in [1.29, 1.82) is 0 Å². The Balaban J connectivity index is 2.39. The molecule has 0 fully saturated rings. The normalized spacial score (nSPS) is 12.4. The van der Waals surface area contributed by atoms with Crippen LogP contribution in [0, 0.1) is 6.92 Å². The lowest BCUT2D eigenvalue weighted by atomic mass is 9.92. The average molecular weight is 253 g/mol. The Bertz CT molecular complexity index is 557. The molecule has 1 nitrogen and oxygen atoms in total. The number of hydrogen-bond acceptors (Lipinski definition) is 1. The summed E-state index contributed by atoms with van der Waals surface area (Å²) in [6.07, 6.45) is 2.15. The zero-order valence-corrected chi connectivity index (χ0v) is 12.1. The molecule has 0 saturated heterocycles. The minimum absolute atomic E-state index is 0.0302. The monoisotopic (exact) mass is 253 g/mol. The lowest BCUT2D eigenvalue weighted by Gasteiger charge is -2.17. The Kier molecular flexibility index (Phi) is 4.39. The summed E-state index contributed by atoms with van der Waals surface area (Å²) in [6.45, 7) is 6.53. The molecule has 0 aliphatic carbocycles. The molecule has 1 heteroatoms. The van der Waals surface area contributed by atoms with Crippen LogP contribution in [0.3, 0.4) is 0 Å². The Morgan fingerprint density at radius 1 is 0.947 bits per heavy atom. The van der Waals surface area contributed by atoms with E-state index in [-0.39, 0.29) is 6.04 Å². The van der Waals surface area contributed by atoms with E-state index in [0.29, 0.717) is 0 Å². The van der Waals surface area contributed by atoms with Crippen LogP contribution >= 0.6 is 0 Å². The van der Waals surface area contributed by atoms with Gasteiger partial charge in [0.1, 0.15) is 0 Å². The predicted molar refractivity (Wildman–Crippen MR) is 82.4 cm³/mol. The summed E-state index contributed by atoms with van der Waals surface area (Å²) in [5.74, 6) is 0. The van der Waals surface area contributed by atoms with E-state index >= 15 is 0 Å². The van der Waals surface area contributed by atoms with E-state index < -0.39 is 0 Å². The molecular formula is C18H23N. The molecule has 0 bridgehead atoms. The molecule has 0 spiro atoms. The first-order valence-corrected chi connectivity index (χ1v) is 7.10. The van der Waals surface area contributed by atoms with Crippen molar-refractivity contribution in [3.63, 3.8) is 0 Å². The summed E-state index contributed by atoms with van der Waals surface area (Å²) in [5, 5.41) is 0. The second-order valence-electron chi connectivity index (χ2n) is 5.07. The zero-order chi connectivity index (χ0) is 13.8. The third-order valence-corrected chi connectivity index (χ3v) is 3.87. The first-order valence-electron chi connectivity index (χ1n) is 7.10. The summed E-state index contributed by atoms with van der Waals surface area (Å²) >= 11 is 0. The van der Waals surface area contributed by atoms with Crippen LogP contribution in [0.1, 0.15) is 47.7 Å². The fourth-order valence-corrected chi connectivity index (χ4v) is 2.63. The minimum atomic E-state index is -0.0302. The van der Waals surface area contributed by atoms with Gasteiger partial charge in [-0.25, -0.2) is 0 Å². The van der Waals surface area contributed by atoms with Gasteiger partial charge in [-0.2, -0.15) is 0 Å². The van der Waals surface area contributed by atoms with Crippen molar-refractivity contribution in [1.82, 2.24) is 0 Å². The van der Waals surface area contributed by atoms with Crippen LogP contribution in [0.2, 0.25) is 0 Å². The van der Waals surface area contributed by atoms with E-state index in [9.17, 15) is 0 Å². The van der Waals surface area contributed by atoms with Crippen molar-refractivity contribution >= 4 is 0 Å². The van der Waals surface area contributed by atoms with Gasteiger partial charge in [-0.05, 0) is 47.6 Å². The van der Waals surface area contributed by atoms with Crippen LogP contribution in [-0.2, 0) is 12.8 Å². The molecule has 0 aliphatic rings. The Labute approximate surface area is 116 Å². The summed E-state index contributed by atoms with van der Waals surface area (Å²) in [5.41, 5.74) is 13.0. The van der Waals surface area contributed by atoms with Crippen LogP contribution in [-0.4, -0.2) is 0 Å². The molecular weight excluding hydrogens is 230 g/mol. The van der Waals surface area contributed by atoms with E-state index in [2.05, 4.69) is 63.2 Å². The molecule has 0 saturated carbocycles. The Morgan fingerprint density at radius 2 is 1.63 bits per heavy atom. The molecule has 19 heavy (non-hydrogen) atoms. The topological polar surface area (TPSA) is 26.0 Å². The number of rotatable bonds is 4. The molecule has 1 unspecified atom stereocenters. The first kappa shape index (κ1) is 13.8. The van der Waals surface area contributed by atoms with Crippen molar-refractivity contribution in [2.45, 2.75) is 39.7 Å². The van der Waals surface area contributed by atoms with Crippen LogP contribution in [0.15, 0.2) is 42.5 Å². The third kappa shape index (κ3) is 2.87. The lowest BCUT2D eigenvalue weighted by molar-refractivity contribution is 0.854. The van der Waals surface area contributed by atoms with Crippen LogP contribution in [0.25, 0.3) is 0 Å². The van der Waals surface area contributed by atoms with E-state index in [1.807, 2.05) is 0 Å². The molecule has 0 aromatic heterocycles. The van der Waals surface area contributed by atoms with E-state index in [1.54, 1.807) is 0 Å². The zero-order valence-electron chi connectivity index (χ0n) is 12.1. The highest BCUT2D eigenvalue weighted by Gasteiger charge is 2.12. The van der Waals surface area contributed by atoms with Crippen molar-refractivity contribution < 1.29 is 0 Å². The molecule has 2 aromatic rings. The summed E-state index contributed by atoms with van der Waals surface area (Å²) in [7, 11) is 0. The third-order valence-electron chi connectivity index (χ3n) is 3.87. The SMILES string of the molecule is CCc1ccc(C(N)c2ccccc2C)cc1CC. The second-order valence-corrected chi connectivity index (χ2v) is 5.07. The van der Waals surface area contributed by atoms with Gasteiger partial charge in [-0.3, -0.25) is 0 Å². The summed E-state index contributed by atoms with van der Waals surface area (Å²) in [4.78, 5) is 0. The second kappa shape index (κ2) is 6.03. The number of nitrogens with two attached hydrogens (primary N) is 1. The smallest absolute Gasteiger partial charge is 0.0554 e. The van der Waals surface area contributed by atoms with Crippen molar-refractivity contribution in [2.75, 3.05) is 0 Å². The quantitative estimate of drug-likeness (QED) is 0.869.